The molecular formula is C18H15N3O2. The average Bonchev–Trinajstić information content (AvgIpc) is 3.08. The lowest BCUT2D eigenvalue weighted by Gasteiger charge is -2.13. The molecule has 0 bridgehead atoms. The van der Waals surface area contributed by atoms with Gasteiger partial charge in [0, 0.05) is 25.3 Å². The van der Waals surface area contributed by atoms with Crippen molar-refractivity contribution in [2.24, 2.45) is 0 Å². The number of benzene rings is 1. The topological polar surface area (TPSA) is 73.0 Å². The molecule has 3 aromatic rings. The molecule has 0 saturated carbocycles. The third kappa shape index (κ3) is 2.74. The van der Waals surface area contributed by atoms with Gasteiger partial charge in [0.2, 0.25) is 0 Å². The van der Waals surface area contributed by atoms with Crippen molar-refractivity contribution in [2.75, 3.05) is 19.0 Å². The molecule has 1 N–H and O–H groups in total. The van der Waals surface area contributed by atoms with Crippen molar-refractivity contribution in [3.8, 4) is 28.7 Å². The number of aromatic amines is 1. The molecule has 5 heteroatoms. The molecule has 0 atom stereocenters. The molecule has 0 aliphatic rings. The zero-order chi connectivity index (χ0) is 16.4. The first kappa shape index (κ1) is 14.7. The highest BCUT2D eigenvalue weighted by molar-refractivity contribution is 5.75. The molecule has 2 heterocycles. The van der Waals surface area contributed by atoms with E-state index in [9.17, 15) is 10.1 Å². The Morgan fingerprint density at radius 1 is 1.17 bits per heavy atom. The largest absolute Gasteiger partial charge is 0.463 e. The number of hydrogen-bond acceptors (Lipinski definition) is 4. The van der Waals surface area contributed by atoms with E-state index in [1.807, 2.05) is 49.3 Å². The number of rotatable bonds is 3. The fourth-order valence-electron chi connectivity index (χ4n) is 2.40. The summed E-state index contributed by atoms with van der Waals surface area (Å²) in [5.41, 5.74) is 2.67. The van der Waals surface area contributed by atoms with Crippen molar-refractivity contribution >= 4 is 5.69 Å². The van der Waals surface area contributed by atoms with Crippen LogP contribution in [0, 0.1) is 11.3 Å². The van der Waals surface area contributed by atoms with E-state index >= 15 is 0 Å². The van der Waals surface area contributed by atoms with Crippen molar-refractivity contribution in [1.29, 1.82) is 5.26 Å². The molecule has 1 aromatic carbocycles. The molecule has 3 rings (SSSR count). The van der Waals surface area contributed by atoms with Crippen LogP contribution in [0.4, 0.5) is 5.69 Å². The van der Waals surface area contributed by atoms with Crippen LogP contribution in [0.5, 0.6) is 0 Å². The summed E-state index contributed by atoms with van der Waals surface area (Å²) < 4.78 is 5.33. The first-order valence-electron chi connectivity index (χ1n) is 7.09. The predicted molar refractivity (Wildman–Crippen MR) is 89.2 cm³/mol. The second kappa shape index (κ2) is 5.85. The van der Waals surface area contributed by atoms with Gasteiger partial charge in [0.25, 0.3) is 5.56 Å². The number of nitrogens with zero attached hydrogens (tertiary/aromatic N) is 2. The summed E-state index contributed by atoms with van der Waals surface area (Å²) in [6.07, 6.45) is 1.54. The molecule has 0 spiro atoms. The van der Waals surface area contributed by atoms with Gasteiger partial charge in [-0.2, -0.15) is 5.26 Å². The molecule has 0 unspecified atom stereocenters. The summed E-state index contributed by atoms with van der Waals surface area (Å²) >= 11 is 0. The third-order valence-corrected chi connectivity index (χ3v) is 3.63. The Bertz CT molecular complexity index is 914. The molecule has 0 amide bonds. The van der Waals surface area contributed by atoms with Crippen LogP contribution in [0.25, 0.3) is 22.6 Å². The number of anilines is 1. The summed E-state index contributed by atoms with van der Waals surface area (Å²) in [4.78, 5) is 16.9. The predicted octanol–water partition coefficient (Wildman–Crippen LogP) is 3.24. The van der Waals surface area contributed by atoms with Crippen molar-refractivity contribution in [3.63, 3.8) is 0 Å². The Morgan fingerprint density at radius 2 is 1.91 bits per heavy atom. The molecule has 0 saturated heterocycles. The van der Waals surface area contributed by atoms with E-state index in [-0.39, 0.29) is 5.56 Å². The van der Waals surface area contributed by atoms with E-state index in [0.29, 0.717) is 17.0 Å². The number of nitrogens with one attached hydrogen (secondary N) is 1. The molecule has 0 fully saturated rings. The number of pyridine rings is 1. The van der Waals surface area contributed by atoms with Crippen molar-refractivity contribution in [3.05, 3.63) is 64.6 Å². The Kier molecular flexibility index (Phi) is 3.73. The molecule has 0 aliphatic heterocycles. The summed E-state index contributed by atoms with van der Waals surface area (Å²) in [6.45, 7) is 0. The van der Waals surface area contributed by atoms with Gasteiger partial charge >= 0.3 is 0 Å². The van der Waals surface area contributed by atoms with E-state index in [1.54, 1.807) is 18.2 Å². The van der Waals surface area contributed by atoms with Gasteiger partial charge < -0.3 is 14.3 Å². The zero-order valence-electron chi connectivity index (χ0n) is 12.8. The second-order valence-corrected chi connectivity index (χ2v) is 5.33. The molecule has 2 aromatic heterocycles. The van der Waals surface area contributed by atoms with Crippen molar-refractivity contribution in [2.45, 2.75) is 0 Å². The molecular weight excluding hydrogens is 290 g/mol. The fourth-order valence-corrected chi connectivity index (χ4v) is 2.40. The molecule has 5 nitrogen and oxygen atoms in total. The summed E-state index contributed by atoms with van der Waals surface area (Å²) in [5, 5.41) is 9.32. The highest BCUT2D eigenvalue weighted by Crippen LogP contribution is 2.27. The summed E-state index contributed by atoms with van der Waals surface area (Å²) in [5.74, 6) is 0.553. The lowest BCUT2D eigenvalue weighted by molar-refractivity contribution is 0.580. The first-order chi connectivity index (χ1) is 11.1. The lowest BCUT2D eigenvalue weighted by atomic mass is 10.00. The highest BCUT2D eigenvalue weighted by atomic mass is 16.3. The van der Waals surface area contributed by atoms with Crippen LogP contribution >= 0.6 is 0 Å². The SMILES string of the molecule is CN(C)c1ccc(-c2cc(-c3ccco3)[nH]c(=O)c2C#N)cc1. The maximum Gasteiger partial charge on any atom is 0.267 e. The van der Waals surface area contributed by atoms with Crippen LogP contribution in [0.15, 0.2) is 57.9 Å². The van der Waals surface area contributed by atoms with E-state index < -0.39 is 5.56 Å². The van der Waals surface area contributed by atoms with E-state index in [2.05, 4.69) is 4.98 Å². The maximum atomic E-state index is 12.2. The fraction of sp³-hybridized carbons (Fsp3) is 0.111. The maximum absolute atomic E-state index is 12.2. The van der Waals surface area contributed by atoms with Gasteiger partial charge in [-0.1, -0.05) is 12.1 Å². The minimum atomic E-state index is -0.423. The van der Waals surface area contributed by atoms with Crippen LogP contribution in [0.2, 0.25) is 0 Å². The molecule has 0 radical (unpaired) electrons. The van der Waals surface area contributed by atoms with Gasteiger partial charge in [0.1, 0.15) is 17.4 Å². The van der Waals surface area contributed by atoms with Gasteiger partial charge in [0.05, 0.1) is 12.0 Å². The summed E-state index contributed by atoms with van der Waals surface area (Å²) in [7, 11) is 3.91. The van der Waals surface area contributed by atoms with Crippen LogP contribution < -0.4 is 10.5 Å². The van der Waals surface area contributed by atoms with Gasteiger partial charge in [0.15, 0.2) is 0 Å². The molecule has 0 aliphatic carbocycles. The van der Waals surface area contributed by atoms with E-state index in [4.69, 9.17) is 4.42 Å². The van der Waals surface area contributed by atoms with Crippen LogP contribution in [-0.4, -0.2) is 19.1 Å². The van der Waals surface area contributed by atoms with Crippen molar-refractivity contribution < 1.29 is 4.42 Å². The number of H-pyrrole nitrogens is 1. The first-order valence-corrected chi connectivity index (χ1v) is 7.09. The highest BCUT2D eigenvalue weighted by Gasteiger charge is 2.13. The van der Waals surface area contributed by atoms with E-state index in [1.165, 1.54) is 6.26 Å². The quantitative estimate of drug-likeness (QED) is 0.806. The standard InChI is InChI=1S/C18H15N3O2/c1-21(2)13-7-5-12(6-8-13)14-10-16(17-4-3-9-23-17)20-18(22)15(14)11-19/h3-10H,1-2H3,(H,20,22). The minimum absolute atomic E-state index is 0.0953. The number of aromatic nitrogens is 1. The van der Waals surface area contributed by atoms with Gasteiger partial charge in [-0.15, -0.1) is 0 Å². The summed E-state index contributed by atoms with van der Waals surface area (Å²) in [6, 6.07) is 15.0. The Balaban J connectivity index is 2.17. The Morgan fingerprint density at radius 3 is 2.48 bits per heavy atom. The monoisotopic (exact) mass is 305 g/mol. The molecule has 114 valence electrons. The van der Waals surface area contributed by atoms with Crippen LogP contribution in [0.1, 0.15) is 5.56 Å². The zero-order valence-corrected chi connectivity index (χ0v) is 12.8. The number of furan rings is 1. The minimum Gasteiger partial charge on any atom is -0.463 e. The van der Waals surface area contributed by atoms with Crippen LogP contribution in [0.3, 0.4) is 0 Å². The average molecular weight is 305 g/mol. The normalized spacial score (nSPS) is 10.3. The Labute approximate surface area is 133 Å². The lowest BCUT2D eigenvalue weighted by Crippen LogP contribution is -2.12. The smallest absolute Gasteiger partial charge is 0.267 e. The molecule has 23 heavy (non-hydrogen) atoms. The second-order valence-electron chi connectivity index (χ2n) is 5.33. The van der Waals surface area contributed by atoms with Gasteiger partial charge in [-0.25, -0.2) is 0 Å². The number of nitriles is 1. The Hall–Kier alpha value is -3.26. The number of hydrogen-bond donors (Lipinski definition) is 1. The van der Waals surface area contributed by atoms with E-state index in [0.717, 1.165) is 11.3 Å². The van der Waals surface area contributed by atoms with Gasteiger partial charge in [-0.3, -0.25) is 4.79 Å². The van der Waals surface area contributed by atoms with Crippen molar-refractivity contribution in [1.82, 2.24) is 4.98 Å². The third-order valence-electron chi connectivity index (χ3n) is 3.63. The van der Waals surface area contributed by atoms with Crippen LogP contribution in [-0.2, 0) is 0 Å². The van der Waals surface area contributed by atoms with Gasteiger partial charge in [-0.05, 0) is 35.9 Å².